The first kappa shape index (κ1) is 15.9. The number of benzene rings is 1. The van der Waals surface area contributed by atoms with Crippen molar-refractivity contribution in [2.75, 3.05) is 18.1 Å². The predicted molar refractivity (Wildman–Crippen MR) is 76.5 cm³/mol. The number of hydrogen-bond acceptors (Lipinski definition) is 4. The Hall–Kier alpha value is -1.11. The normalized spacial score (nSPS) is 18.7. The van der Waals surface area contributed by atoms with Crippen LogP contribution in [0.2, 0.25) is 0 Å². The van der Waals surface area contributed by atoms with Crippen molar-refractivity contribution in [3.05, 3.63) is 24.3 Å². The zero-order valence-corrected chi connectivity index (χ0v) is 12.2. The van der Waals surface area contributed by atoms with Gasteiger partial charge in [0.2, 0.25) is 5.91 Å². The van der Waals surface area contributed by atoms with Crippen LogP contribution in [0.3, 0.4) is 0 Å². The molecule has 1 aromatic rings. The van der Waals surface area contributed by atoms with Gasteiger partial charge in [-0.05, 0) is 37.6 Å². The summed E-state index contributed by atoms with van der Waals surface area (Å²) in [4.78, 5) is 12.1. The molecule has 7 heteroatoms. The highest BCUT2D eigenvalue weighted by atomic mass is 35.5. The minimum absolute atomic E-state index is 0. The molecule has 0 aliphatic carbocycles. The molecule has 1 amide bonds. The highest BCUT2D eigenvalue weighted by Gasteiger charge is 2.22. The standard InChI is InChI=1S/C12H16N2O3S.ClH/c1-18(16,17)10-5-2-4-9(8-10)14-12(15)11-6-3-7-13-11;/h2,4-5,8,11,13H,3,6-7H2,1H3,(H,14,15);1H/t11-;/m0./s1. The lowest BCUT2D eigenvalue weighted by Gasteiger charge is -2.11. The highest BCUT2D eigenvalue weighted by molar-refractivity contribution is 7.90. The summed E-state index contributed by atoms with van der Waals surface area (Å²) in [5.41, 5.74) is 0.511. The maximum atomic E-state index is 11.9. The van der Waals surface area contributed by atoms with E-state index in [1.54, 1.807) is 12.1 Å². The van der Waals surface area contributed by atoms with Crippen LogP contribution in [0.5, 0.6) is 0 Å². The summed E-state index contributed by atoms with van der Waals surface area (Å²) in [5.74, 6) is -0.113. The Bertz CT molecular complexity index is 554. The minimum atomic E-state index is -3.25. The summed E-state index contributed by atoms with van der Waals surface area (Å²) in [5, 5.41) is 5.82. The maximum absolute atomic E-state index is 11.9. The van der Waals surface area contributed by atoms with Gasteiger partial charge in [-0.25, -0.2) is 8.42 Å². The summed E-state index contributed by atoms with van der Waals surface area (Å²) >= 11 is 0. The van der Waals surface area contributed by atoms with Crippen LogP contribution in [0, 0.1) is 0 Å². The van der Waals surface area contributed by atoms with Crippen LogP contribution in [0.1, 0.15) is 12.8 Å². The molecule has 2 rings (SSSR count). The zero-order valence-electron chi connectivity index (χ0n) is 10.5. The maximum Gasteiger partial charge on any atom is 0.241 e. The molecule has 1 fully saturated rings. The molecule has 0 unspecified atom stereocenters. The molecule has 0 aromatic heterocycles. The Kier molecular flexibility index (Phi) is 5.34. The first-order chi connectivity index (χ1) is 8.47. The van der Waals surface area contributed by atoms with E-state index in [-0.39, 0.29) is 29.3 Å². The number of anilines is 1. The molecule has 1 heterocycles. The number of halogens is 1. The van der Waals surface area contributed by atoms with Crippen molar-refractivity contribution >= 4 is 33.8 Å². The average molecular weight is 305 g/mol. The van der Waals surface area contributed by atoms with E-state index in [1.807, 2.05) is 0 Å². The van der Waals surface area contributed by atoms with E-state index in [9.17, 15) is 13.2 Å². The highest BCUT2D eigenvalue weighted by Crippen LogP contribution is 2.16. The average Bonchev–Trinajstić information content (AvgIpc) is 2.81. The molecule has 0 spiro atoms. The van der Waals surface area contributed by atoms with Crippen LogP contribution in [-0.2, 0) is 14.6 Å². The van der Waals surface area contributed by atoms with E-state index in [0.29, 0.717) is 5.69 Å². The third-order valence-electron chi connectivity index (χ3n) is 2.91. The van der Waals surface area contributed by atoms with E-state index >= 15 is 0 Å². The van der Waals surface area contributed by atoms with Crippen molar-refractivity contribution in [1.82, 2.24) is 5.32 Å². The molecular formula is C12H17ClN2O3S. The molecule has 0 radical (unpaired) electrons. The Morgan fingerprint density at radius 3 is 2.74 bits per heavy atom. The summed E-state index contributed by atoms with van der Waals surface area (Å²) in [6.45, 7) is 0.849. The Balaban J connectivity index is 0.00000180. The van der Waals surface area contributed by atoms with E-state index in [1.165, 1.54) is 12.1 Å². The number of nitrogens with one attached hydrogen (secondary N) is 2. The van der Waals surface area contributed by atoms with Crippen molar-refractivity contribution in [2.45, 2.75) is 23.8 Å². The second kappa shape index (κ2) is 6.36. The zero-order chi connectivity index (χ0) is 13.2. The summed E-state index contributed by atoms with van der Waals surface area (Å²) in [6.07, 6.45) is 2.95. The van der Waals surface area contributed by atoms with Gasteiger partial charge in [0.05, 0.1) is 10.9 Å². The quantitative estimate of drug-likeness (QED) is 0.880. The van der Waals surface area contributed by atoms with E-state index < -0.39 is 9.84 Å². The van der Waals surface area contributed by atoms with Gasteiger partial charge in [-0.3, -0.25) is 4.79 Å². The van der Waals surface area contributed by atoms with E-state index in [0.717, 1.165) is 25.6 Å². The molecule has 2 N–H and O–H groups in total. The van der Waals surface area contributed by atoms with E-state index in [2.05, 4.69) is 10.6 Å². The van der Waals surface area contributed by atoms with Crippen molar-refractivity contribution in [1.29, 1.82) is 0 Å². The summed E-state index contributed by atoms with van der Waals surface area (Å²) in [7, 11) is -3.25. The van der Waals surface area contributed by atoms with Gasteiger partial charge in [-0.2, -0.15) is 0 Å². The summed E-state index contributed by atoms with van der Waals surface area (Å²) < 4.78 is 22.8. The Labute approximate surface area is 119 Å². The molecule has 1 aliphatic heterocycles. The van der Waals surface area contributed by atoms with Gasteiger partial charge in [0, 0.05) is 11.9 Å². The first-order valence-electron chi connectivity index (χ1n) is 5.81. The number of carbonyl (C=O) groups excluding carboxylic acids is 1. The molecule has 1 aromatic carbocycles. The van der Waals surface area contributed by atoms with Crippen LogP contribution in [0.15, 0.2) is 29.2 Å². The van der Waals surface area contributed by atoms with Gasteiger partial charge in [0.1, 0.15) is 0 Å². The van der Waals surface area contributed by atoms with Gasteiger partial charge in [-0.1, -0.05) is 6.07 Å². The largest absolute Gasteiger partial charge is 0.325 e. The Morgan fingerprint density at radius 1 is 1.42 bits per heavy atom. The third kappa shape index (κ3) is 4.19. The van der Waals surface area contributed by atoms with Gasteiger partial charge < -0.3 is 10.6 Å². The molecule has 106 valence electrons. The molecule has 1 atom stereocenters. The fourth-order valence-corrected chi connectivity index (χ4v) is 2.61. The van der Waals surface area contributed by atoms with Crippen molar-refractivity contribution in [2.24, 2.45) is 0 Å². The number of amides is 1. The lowest BCUT2D eigenvalue weighted by atomic mass is 10.2. The number of hydrogen-bond donors (Lipinski definition) is 2. The van der Waals surface area contributed by atoms with Gasteiger partial charge >= 0.3 is 0 Å². The summed E-state index contributed by atoms with van der Waals surface area (Å²) in [6, 6.07) is 6.11. The minimum Gasteiger partial charge on any atom is -0.325 e. The second-order valence-electron chi connectivity index (χ2n) is 4.44. The van der Waals surface area contributed by atoms with Crippen molar-refractivity contribution in [3.8, 4) is 0 Å². The van der Waals surface area contributed by atoms with Crippen LogP contribution in [0.25, 0.3) is 0 Å². The molecule has 5 nitrogen and oxygen atoms in total. The van der Waals surface area contributed by atoms with Crippen LogP contribution >= 0.6 is 12.4 Å². The molecule has 0 bridgehead atoms. The van der Waals surface area contributed by atoms with E-state index in [4.69, 9.17) is 0 Å². The fourth-order valence-electron chi connectivity index (χ4n) is 1.94. The number of rotatable bonds is 3. The lowest BCUT2D eigenvalue weighted by molar-refractivity contribution is -0.117. The fraction of sp³-hybridized carbons (Fsp3) is 0.417. The SMILES string of the molecule is CS(=O)(=O)c1cccc(NC(=O)[C@@H]2CCCN2)c1.Cl. The lowest BCUT2D eigenvalue weighted by Crippen LogP contribution is -2.35. The second-order valence-corrected chi connectivity index (χ2v) is 6.45. The van der Waals surface area contributed by atoms with Crippen molar-refractivity contribution in [3.63, 3.8) is 0 Å². The number of sulfone groups is 1. The molecule has 1 saturated heterocycles. The van der Waals surface area contributed by atoms with Gasteiger partial charge in [0.25, 0.3) is 0 Å². The molecule has 1 aliphatic rings. The monoisotopic (exact) mass is 304 g/mol. The smallest absolute Gasteiger partial charge is 0.241 e. The van der Waals surface area contributed by atoms with Crippen LogP contribution in [0.4, 0.5) is 5.69 Å². The Morgan fingerprint density at radius 2 is 2.16 bits per heavy atom. The van der Waals surface area contributed by atoms with Crippen molar-refractivity contribution < 1.29 is 13.2 Å². The first-order valence-corrected chi connectivity index (χ1v) is 7.70. The third-order valence-corrected chi connectivity index (χ3v) is 4.02. The number of carbonyl (C=O) groups is 1. The topological polar surface area (TPSA) is 75.3 Å². The van der Waals surface area contributed by atoms with Gasteiger partial charge in [-0.15, -0.1) is 12.4 Å². The van der Waals surface area contributed by atoms with Crippen LogP contribution < -0.4 is 10.6 Å². The van der Waals surface area contributed by atoms with Crippen LogP contribution in [-0.4, -0.2) is 33.2 Å². The predicted octanol–water partition coefficient (Wildman–Crippen LogP) is 1.20. The molecular weight excluding hydrogens is 288 g/mol. The van der Waals surface area contributed by atoms with Gasteiger partial charge in [0.15, 0.2) is 9.84 Å². The molecule has 0 saturated carbocycles. The molecule has 19 heavy (non-hydrogen) atoms.